The van der Waals surface area contributed by atoms with E-state index in [9.17, 15) is 0 Å². The van der Waals surface area contributed by atoms with Crippen LogP contribution in [-0.4, -0.2) is 19.9 Å². The highest BCUT2D eigenvalue weighted by molar-refractivity contribution is 5.33. The maximum Gasteiger partial charge on any atom is 0.217 e. The first-order valence-corrected chi connectivity index (χ1v) is 4.93. The highest BCUT2D eigenvalue weighted by Crippen LogP contribution is 2.24. The molecular formula is C11H13N3O2. The average molecular weight is 219 g/mol. The molecule has 0 amide bonds. The maximum atomic E-state index is 9.14. The molecule has 0 radical (unpaired) electrons. The molecule has 5 heteroatoms. The van der Waals surface area contributed by atoms with E-state index in [1.807, 2.05) is 13.0 Å². The lowest BCUT2D eigenvalue weighted by atomic mass is 10.2. The summed E-state index contributed by atoms with van der Waals surface area (Å²) in [5.74, 6) is 1.17. The molecule has 0 aliphatic heterocycles. The minimum absolute atomic E-state index is 0.0747. The molecule has 0 atom stereocenters. The Hall–Kier alpha value is -1.88. The third kappa shape index (κ3) is 2.04. The molecule has 1 N–H and O–H groups in total. The number of nitrogens with zero attached hydrogens (tertiary/aromatic N) is 3. The van der Waals surface area contributed by atoms with Gasteiger partial charge in [0, 0.05) is 24.9 Å². The standard InChI is InChI=1S/C11H13N3O2/c1-8-5-11(14(2)13-8)16-10-6-12-4-3-9(10)7-15/h3-6,15H,7H2,1-2H3. The average Bonchev–Trinajstić information content (AvgIpc) is 2.58. The van der Waals surface area contributed by atoms with Gasteiger partial charge in [-0.15, -0.1) is 0 Å². The number of aliphatic hydroxyl groups excluding tert-OH is 1. The second-order valence-electron chi connectivity index (χ2n) is 3.49. The molecule has 0 bridgehead atoms. The number of pyridine rings is 1. The molecular weight excluding hydrogens is 206 g/mol. The molecule has 0 aliphatic carbocycles. The number of rotatable bonds is 3. The van der Waals surface area contributed by atoms with Gasteiger partial charge in [0.2, 0.25) is 5.88 Å². The molecule has 2 heterocycles. The number of aliphatic hydroxyl groups is 1. The first kappa shape index (κ1) is 10.6. The molecule has 16 heavy (non-hydrogen) atoms. The fraction of sp³-hybridized carbons (Fsp3) is 0.273. The summed E-state index contributed by atoms with van der Waals surface area (Å²) in [4.78, 5) is 3.96. The molecule has 0 unspecified atom stereocenters. The van der Waals surface area contributed by atoms with Gasteiger partial charge in [-0.3, -0.25) is 4.98 Å². The van der Waals surface area contributed by atoms with Gasteiger partial charge in [-0.25, -0.2) is 4.68 Å². The number of aromatic nitrogens is 3. The second kappa shape index (κ2) is 4.32. The summed E-state index contributed by atoms with van der Waals surface area (Å²) in [5, 5.41) is 13.3. The zero-order valence-electron chi connectivity index (χ0n) is 9.21. The fourth-order valence-corrected chi connectivity index (χ4v) is 1.43. The lowest BCUT2D eigenvalue weighted by Gasteiger charge is -2.08. The van der Waals surface area contributed by atoms with Crippen LogP contribution in [0, 0.1) is 6.92 Å². The summed E-state index contributed by atoms with van der Waals surface area (Å²) >= 11 is 0. The van der Waals surface area contributed by atoms with E-state index in [1.54, 1.807) is 30.2 Å². The quantitative estimate of drug-likeness (QED) is 0.847. The lowest BCUT2D eigenvalue weighted by Crippen LogP contribution is -1.98. The Bertz CT molecular complexity index is 494. The first-order chi connectivity index (χ1) is 7.70. The number of hydrogen-bond donors (Lipinski definition) is 1. The zero-order chi connectivity index (χ0) is 11.5. The van der Waals surface area contributed by atoms with Gasteiger partial charge in [0.15, 0.2) is 5.75 Å². The van der Waals surface area contributed by atoms with Gasteiger partial charge >= 0.3 is 0 Å². The second-order valence-corrected chi connectivity index (χ2v) is 3.49. The van der Waals surface area contributed by atoms with Crippen LogP contribution in [0.3, 0.4) is 0 Å². The van der Waals surface area contributed by atoms with Gasteiger partial charge in [0.05, 0.1) is 18.5 Å². The Morgan fingerprint density at radius 2 is 2.31 bits per heavy atom. The van der Waals surface area contributed by atoms with Crippen LogP contribution < -0.4 is 4.74 Å². The highest BCUT2D eigenvalue weighted by atomic mass is 16.5. The number of ether oxygens (including phenoxy) is 1. The van der Waals surface area contributed by atoms with Crippen molar-refractivity contribution in [3.8, 4) is 11.6 Å². The summed E-state index contributed by atoms with van der Waals surface area (Å²) < 4.78 is 7.27. The largest absolute Gasteiger partial charge is 0.437 e. The normalized spacial score (nSPS) is 10.4. The van der Waals surface area contributed by atoms with Crippen LogP contribution in [0.4, 0.5) is 0 Å². The molecule has 2 aromatic heterocycles. The van der Waals surface area contributed by atoms with E-state index in [1.165, 1.54) is 0 Å². The third-order valence-electron chi connectivity index (χ3n) is 2.21. The van der Waals surface area contributed by atoms with E-state index in [4.69, 9.17) is 9.84 Å². The van der Waals surface area contributed by atoms with Gasteiger partial charge in [0.1, 0.15) is 0 Å². The van der Waals surface area contributed by atoms with Crippen LogP contribution in [-0.2, 0) is 13.7 Å². The molecule has 2 aromatic rings. The molecule has 5 nitrogen and oxygen atoms in total. The van der Waals surface area contributed by atoms with Crippen LogP contribution in [0.2, 0.25) is 0 Å². The minimum Gasteiger partial charge on any atom is -0.437 e. The van der Waals surface area contributed by atoms with Crippen molar-refractivity contribution in [3.05, 3.63) is 35.8 Å². The molecule has 0 aromatic carbocycles. The molecule has 84 valence electrons. The van der Waals surface area contributed by atoms with Crippen LogP contribution in [0.5, 0.6) is 11.6 Å². The van der Waals surface area contributed by atoms with Crippen LogP contribution >= 0.6 is 0 Å². The molecule has 0 spiro atoms. The lowest BCUT2D eigenvalue weighted by molar-refractivity contribution is 0.275. The monoisotopic (exact) mass is 219 g/mol. The topological polar surface area (TPSA) is 60.2 Å². The Kier molecular flexibility index (Phi) is 2.87. The van der Waals surface area contributed by atoms with Crippen molar-refractivity contribution in [3.63, 3.8) is 0 Å². The smallest absolute Gasteiger partial charge is 0.217 e. The first-order valence-electron chi connectivity index (χ1n) is 4.93. The SMILES string of the molecule is Cc1cc(Oc2cnccc2CO)n(C)n1. The van der Waals surface area contributed by atoms with Gasteiger partial charge < -0.3 is 9.84 Å². The molecule has 0 saturated carbocycles. The van der Waals surface area contributed by atoms with E-state index < -0.39 is 0 Å². The molecule has 0 aliphatic rings. The van der Waals surface area contributed by atoms with E-state index in [2.05, 4.69) is 10.1 Å². The van der Waals surface area contributed by atoms with Crippen molar-refractivity contribution in [2.45, 2.75) is 13.5 Å². The third-order valence-corrected chi connectivity index (χ3v) is 2.21. The summed E-state index contributed by atoms with van der Waals surface area (Å²) in [6, 6.07) is 3.55. The van der Waals surface area contributed by atoms with Crippen molar-refractivity contribution < 1.29 is 9.84 Å². The van der Waals surface area contributed by atoms with E-state index >= 15 is 0 Å². The summed E-state index contributed by atoms with van der Waals surface area (Å²) in [5.41, 5.74) is 1.58. The zero-order valence-corrected chi connectivity index (χ0v) is 9.21. The molecule has 0 saturated heterocycles. The molecule has 0 fully saturated rings. The fourth-order valence-electron chi connectivity index (χ4n) is 1.43. The van der Waals surface area contributed by atoms with Gasteiger partial charge in [-0.05, 0) is 13.0 Å². The van der Waals surface area contributed by atoms with Crippen molar-refractivity contribution >= 4 is 0 Å². The van der Waals surface area contributed by atoms with E-state index in [-0.39, 0.29) is 6.61 Å². The predicted octanol–water partition coefficient (Wildman–Crippen LogP) is 1.41. The number of hydrogen-bond acceptors (Lipinski definition) is 4. The minimum atomic E-state index is -0.0747. The van der Waals surface area contributed by atoms with Crippen molar-refractivity contribution in [1.82, 2.24) is 14.8 Å². The van der Waals surface area contributed by atoms with E-state index in [0.29, 0.717) is 17.2 Å². The summed E-state index contributed by atoms with van der Waals surface area (Å²) in [7, 11) is 1.80. The Balaban J connectivity index is 2.30. The molecule has 2 rings (SSSR count). The van der Waals surface area contributed by atoms with Crippen molar-refractivity contribution in [2.24, 2.45) is 7.05 Å². The summed E-state index contributed by atoms with van der Waals surface area (Å²) in [6.45, 7) is 1.82. The Labute approximate surface area is 93.3 Å². The van der Waals surface area contributed by atoms with Gasteiger partial charge in [0.25, 0.3) is 0 Å². The van der Waals surface area contributed by atoms with Crippen LogP contribution in [0.25, 0.3) is 0 Å². The van der Waals surface area contributed by atoms with Gasteiger partial charge in [-0.1, -0.05) is 0 Å². The Morgan fingerprint density at radius 1 is 1.50 bits per heavy atom. The Morgan fingerprint density at radius 3 is 2.94 bits per heavy atom. The maximum absolute atomic E-state index is 9.14. The van der Waals surface area contributed by atoms with Crippen LogP contribution in [0.15, 0.2) is 24.5 Å². The summed E-state index contributed by atoms with van der Waals surface area (Å²) in [6.07, 6.45) is 3.20. The van der Waals surface area contributed by atoms with Gasteiger partial charge in [-0.2, -0.15) is 5.10 Å². The van der Waals surface area contributed by atoms with Crippen molar-refractivity contribution in [1.29, 1.82) is 0 Å². The predicted molar refractivity (Wildman–Crippen MR) is 58.2 cm³/mol. The van der Waals surface area contributed by atoms with E-state index in [0.717, 1.165) is 5.69 Å². The number of aryl methyl sites for hydroxylation is 2. The highest BCUT2D eigenvalue weighted by Gasteiger charge is 2.07. The van der Waals surface area contributed by atoms with Crippen LogP contribution in [0.1, 0.15) is 11.3 Å². The van der Waals surface area contributed by atoms with Crippen molar-refractivity contribution in [2.75, 3.05) is 0 Å².